The van der Waals surface area contributed by atoms with Gasteiger partial charge in [0.2, 0.25) is 10.0 Å². The smallest absolute Gasteiger partial charge is 0.244 e. The predicted molar refractivity (Wildman–Crippen MR) is 89.2 cm³/mol. The molecular weight excluding hydrogens is 376 g/mol. The van der Waals surface area contributed by atoms with Crippen LogP contribution in [-0.4, -0.2) is 38.9 Å². The molecule has 1 aromatic carbocycles. The van der Waals surface area contributed by atoms with Gasteiger partial charge in [0.15, 0.2) is 0 Å². The first-order valence-electron chi connectivity index (χ1n) is 7.11. The quantitative estimate of drug-likeness (QED) is 0.833. The Balaban J connectivity index is 2.10. The molecule has 0 unspecified atom stereocenters. The number of rotatable bonds is 5. The molecular formula is C14H20BrClN2O2S. The second-order valence-electron chi connectivity index (χ2n) is 5.21. The first-order chi connectivity index (χ1) is 9.96. The molecule has 4 nitrogen and oxygen atoms in total. The highest BCUT2D eigenvalue weighted by Crippen LogP contribution is 2.32. The van der Waals surface area contributed by atoms with E-state index in [1.54, 1.807) is 22.5 Å². The highest BCUT2D eigenvalue weighted by atomic mass is 79.9. The zero-order chi connectivity index (χ0) is 15.5. The van der Waals surface area contributed by atoms with Crippen molar-refractivity contribution in [3.05, 3.63) is 27.7 Å². The number of nitrogens with zero attached hydrogens (tertiary/aromatic N) is 1. The molecule has 1 fully saturated rings. The lowest BCUT2D eigenvalue weighted by molar-refractivity contribution is 0.268. The monoisotopic (exact) mass is 394 g/mol. The summed E-state index contributed by atoms with van der Waals surface area (Å²) in [6.07, 6.45) is 1.79. The molecule has 1 N–H and O–H groups in total. The summed E-state index contributed by atoms with van der Waals surface area (Å²) < 4.78 is 27.4. The molecule has 1 heterocycles. The van der Waals surface area contributed by atoms with Gasteiger partial charge in [-0.2, -0.15) is 4.31 Å². The molecule has 0 atom stereocenters. The van der Waals surface area contributed by atoms with E-state index in [9.17, 15) is 8.42 Å². The SMILES string of the molecule is CCNCC1CCN(S(=O)(=O)c2cccc(Cl)c2Br)CC1. The third-order valence-electron chi connectivity index (χ3n) is 3.79. The van der Waals surface area contributed by atoms with Crippen molar-refractivity contribution in [2.45, 2.75) is 24.7 Å². The van der Waals surface area contributed by atoms with E-state index < -0.39 is 10.0 Å². The van der Waals surface area contributed by atoms with Crippen LogP contribution >= 0.6 is 27.5 Å². The molecule has 1 aromatic rings. The third kappa shape index (κ3) is 3.99. The Morgan fingerprint density at radius 2 is 2.05 bits per heavy atom. The summed E-state index contributed by atoms with van der Waals surface area (Å²) in [4.78, 5) is 0.250. The van der Waals surface area contributed by atoms with E-state index in [4.69, 9.17) is 11.6 Å². The van der Waals surface area contributed by atoms with Crippen molar-refractivity contribution >= 4 is 37.6 Å². The maximum absolute atomic E-state index is 12.7. The summed E-state index contributed by atoms with van der Waals surface area (Å²) in [6.45, 7) is 5.13. The fourth-order valence-electron chi connectivity index (χ4n) is 2.52. The lowest BCUT2D eigenvalue weighted by atomic mass is 9.98. The highest BCUT2D eigenvalue weighted by molar-refractivity contribution is 9.10. The molecule has 1 aliphatic heterocycles. The Hall–Kier alpha value is -0.140. The molecule has 118 valence electrons. The average Bonchev–Trinajstić information content (AvgIpc) is 2.48. The van der Waals surface area contributed by atoms with Gasteiger partial charge in [0.1, 0.15) is 0 Å². The molecule has 0 bridgehead atoms. The van der Waals surface area contributed by atoms with E-state index in [1.807, 2.05) is 0 Å². The molecule has 1 aliphatic rings. The van der Waals surface area contributed by atoms with Gasteiger partial charge in [0.05, 0.1) is 14.4 Å². The summed E-state index contributed by atoms with van der Waals surface area (Å²) in [5.74, 6) is 0.555. The molecule has 7 heteroatoms. The van der Waals surface area contributed by atoms with Gasteiger partial charge in [-0.1, -0.05) is 24.6 Å². The van der Waals surface area contributed by atoms with Crippen LogP contribution in [0.2, 0.25) is 5.02 Å². The number of hydrogen-bond acceptors (Lipinski definition) is 3. The molecule has 21 heavy (non-hydrogen) atoms. The van der Waals surface area contributed by atoms with E-state index in [-0.39, 0.29) is 4.90 Å². The van der Waals surface area contributed by atoms with E-state index in [2.05, 4.69) is 28.2 Å². The molecule has 0 saturated carbocycles. The average molecular weight is 396 g/mol. The minimum absolute atomic E-state index is 0.250. The van der Waals surface area contributed by atoms with Gasteiger partial charge in [-0.05, 0) is 59.9 Å². The zero-order valence-corrected chi connectivity index (χ0v) is 15.1. The largest absolute Gasteiger partial charge is 0.317 e. The van der Waals surface area contributed by atoms with Crippen LogP contribution in [0.3, 0.4) is 0 Å². The number of nitrogens with one attached hydrogen (secondary N) is 1. The lowest BCUT2D eigenvalue weighted by Gasteiger charge is -2.31. The normalized spacial score (nSPS) is 18.0. The van der Waals surface area contributed by atoms with Crippen LogP contribution in [0.4, 0.5) is 0 Å². The van der Waals surface area contributed by atoms with Crippen molar-refractivity contribution < 1.29 is 8.42 Å². The number of hydrogen-bond donors (Lipinski definition) is 1. The highest BCUT2D eigenvalue weighted by Gasteiger charge is 2.30. The minimum Gasteiger partial charge on any atom is -0.317 e. The summed E-state index contributed by atoms with van der Waals surface area (Å²) in [5, 5.41) is 3.74. The van der Waals surface area contributed by atoms with E-state index in [0.29, 0.717) is 28.5 Å². The maximum atomic E-state index is 12.7. The first kappa shape index (κ1) is 17.2. The van der Waals surface area contributed by atoms with Crippen LogP contribution in [0.25, 0.3) is 0 Å². The zero-order valence-electron chi connectivity index (χ0n) is 12.0. The van der Waals surface area contributed by atoms with E-state index >= 15 is 0 Å². The molecule has 0 amide bonds. The Morgan fingerprint density at radius 1 is 1.38 bits per heavy atom. The molecule has 0 aliphatic carbocycles. The predicted octanol–water partition coefficient (Wildman–Crippen LogP) is 3.11. The second-order valence-corrected chi connectivity index (χ2v) is 8.31. The van der Waals surface area contributed by atoms with Crippen molar-refractivity contribution in [1.29, 1.82) is 0 Å². The standard InChI is InChI=1S/C14H20BrClN2O2S/c1-2-17-10-11-6-8-18(9-7-11)21(19,20)13-5-3-4-12(16)14(13)15/h3-5,11,17H,2,6-10H2,1H3. The topological polar surface area (TPSA) is 49.4 Å². The fourth-order valence-corrected chi connectivity index (χ4v) is 5.19. The van der Waals surface area contributed by atoms with Crippen LogP contribution in [0, 0.1) is 5.92 Å². The fraction of sp³-hybridized carbons (Fsp3) is 0.571. The Kier molecular flexibility index (Phi) is 6.08. The van der Waals surface area contributed by atoms with Gasteiger partial charge >= 0.3 is 0 Å². The van der Waals surface area contributed by atoms with Crippen molar-refractivity contribution in [1.82, 2.24) is 9.62 Å². The summed E-state index contributed by atoms with van der Waals surface area (Å²) >= 11 is 9.28. The Bertz CT molecular complexity index is 587. The lowest BCUT2D eigenvalue weighted by Crippen LogP contribution is -2.40. The number of sulfonamides is 1. The van der Waals surface area contributed by atoms with E-state index in [1.165, 1.54) is 0 Å². The van der Waals surface area contributed by atoms with Crippen LogP contribution < -0.4 is 5.32 Å². The molecule has 0 aromatic heterocycles. The second kappa shape index (κ2) is 7.42. The van der Waals surface area contributed by atoms with Gasteiger partial charge in [0, 0.05) is 13.1 Å². The summed E-state index contributed by atoms with van der Waals surface area (Å²) in [5.41, 5.74) is 0. The molecule has 0 spiro atoms. The molecule has 2 rings (SSSR count). The van der Waals surface area contributed by atoms with Crippen molar-refractivity contribution in [2.24, 2.45) is 5.92 Å². The van der Waals surface area contributed by atoms with Crippen molar-refractivity contribution in [3.8, 4) is 0 Å². The van der Waals surface area contributed by atoms with Crippen LogP contribution in [0.5, 0.6) is 0 Å². The number of halogens is 2. The van der Waals surface area contributed by atoms with Gasteiger partial charge in [0.25, 0.3) is 0 Å². The number of benzene rings is 1. The van der Waals surface area contributed by atoms with Gasteiger partial charge in [-0.25, -0.2) is 8.42 Å². The minimum atomic E-state index is -3.48. The van der Waals surface area contributed by atoms with Crippen molar-refractivity contribution in [2.75, 3.05) is 26.2 Å². The van der Waals surface area contributed by atoms with E-state index in [0.717, 1.165) is 25.9 Å². The third-order valence-corrected chi connectivity index (χ3v) is 7.39. The first-order valence-corrected chi connectivity index (χ1v) is 9.72. The van der Waals surface area contributed by atoms with Crippen LogP contribution in [0.15, 0.2) is 27.6 Å². The molecule has 1 saturated heterocycles. The number of piperidine rings is 1. The Labute approximate surface area is 140 Å². The van der Waals surface area contributed by atoms with Crippen LogP contribution in [-0.2, 0) is 10.0 Å². The van der Waals surface area contributed by atoms with Gasteiger partial charge < -0.3 is 5.32 Å². The van der Waals surface area contributed by atoms with Gasteiger partial charge in [-0.15, -0.1) is 0 Å². The maximum Gasteiger partial charge on any atom is 0.244 e. The van der Waals surface area contributed by atoms with Gasteiger partial charge in [-0.3, -0.25) is 0 Å². The van der Waals surface area contributed by atoms with Crippen LogP contribution in [0.1, 0.15) is 19.8 Å². The Morgan fingerprint density at radius 3 is 2.67 bits per heavy atom. The summed E-state index contributed by atoms with van der Waals surface area (Å²) in [7, 11) is -3.48. The van der Waals surface area contributed by atoms with Crippen molar-refractivity contribution in [3.63, 3.8) is 0 Å². The molecule has 0 radical (unpaired) electrons. The summed E-state index contributed by atoms with van der Waals surface area (Å²) in [6, 6.07) is 4.93.